The first kappa shape index (κ1) is 7.18. The average Bonchev–Trinajstić information content (AvgIpc) is 2.33. The van der Waals surface area contributed by atoms with Crippen LogP contribution in [0.25, 0.3) is 0 Å². The summed E-state index contributed by atoms with van der Waals surface area (Å²) in [5.74, 6) is -1.60. The summed E-state index contributed by atoms with van der Waals surface area (Å²) in [6, 6.07) is 6.23. The third-order valence-corrected chi connectivity index (χ3v) is 1.83. The predicted molar refractivity (Wildman–Crippen MR) is 38.1 cm³/mol. The van der Waals surface area contributed by atoms with Gasteiger partial charge in [-0.25, -0.2) is 0 Å². The Morgan fingerprint density at radius 3 is 2.08 bits per heavy atom. The first-order valence-corrected chi connectivity index (χ1v) is 3.44. The number of fused-ring (bicyclic) bond motifs is 1. The van der Waals surface area contributed by atoms with Crippen LogP contribution in [-0.4, -0.2) is 11.6 Å². The Morgan fingerprint density at radius 2 is 1.50 bits per heavy atom. The molecule has 12 heavy (non-hydrogen) atoms. The lowest BCUT2D eigenvalue weighted by Gasteiger charge is -2.11. The van der Waals surface area contributed by atoms with Gasteiger partial charge in [0.15, 0.2) is 5.78 Å². The van der Waals surface area contributed by atoms with Gasteiger partial charge in [0.05, 0.1) is 0 Å². The first-order chi connectivity index (χ1) is 5.72. The molecule has 0 N–H and O–H groups in total. The highest BCUT2D eigenvalue weighted by molar-refractivity contribution is 6.51. The smallest absolute Gasteiger partial charge is 0.228 e. The molecule has 0 aromatic heterocycles. The maximum Gasteiger partial charge on any atom is 0.228 e. The Balaban J connectivity index is 2.67. The van der Waals surface area contributed by atoms with Crippen LogP contribution in [0.1, 0.15) is 15.9 Å². The fraction of sp³-hybridized carbons (Fsp3) is 0. The molecule has 0 heterocycles. The number of benzene rings is 1. The molecule has 3 nitrogen and oxygen atoms in total. The highest BCUT2D eigenvalue weighted by Gasteiger charge is 2.30. The molecule has 0 saturated heterocycles. The molecule has 0 aliphatic heterocycles. The monoisotopic (exact) mass is 160 g/mol. The van der Waals surface area contributed by atoms with Crippen molar-refractivity contribution >= 4 is 11.6 Å². The zero-order valence-electron chi connectivity index (χ0n) is 6.03. The SMILES string of the molecule is O=C1[C]([O-])c2ccccc2C1=O. The average molecular weight is 160 g/mol. The molecule has 0 amide bonds. The summed E-state index contributed by atoms with van der Waals surface area (Å²) in [6.45, 7) is 0. The Bertz CT molecular complexity index is 368. The Morgan fingerprint density at radius 1 is 0.917 bits per heavy atom. The van der Waals surface area contributed by atoms with E-state index in [1.165, 1.54) is 12.1 Å². The quantitative estimate of drug-likeness (QED) is 0.489. The van der Waals surface area contributed by atoms with E-state index in [-0.39, 0.29) is 11.1 Å². The van der Waals surface area contributed by atoms with Crippen molar-refractivity contribution in [3.63, 3.8) is 0 Å². The number of hydrogen-bond donors (Lipinski definition) is 0. The summed E-state index contributed by atoms with van der Waals surface area (Å²) in [5, 5.41) is 11.0. The van der Waals surface area contributed by atoms with Crippen LogP contribution >= 0.6 is 0 Å². The number of hydrogen-bond acceptors (Lipinski definition) is 3. The molecule has 1 aliphatic rings. The molecular weight excluding hydrogens is 156 g/mol. The molecular formula is C9H4O3-. The molecule has 1 aromatic rings. The number of rotatable bonds is 0. The van der Waals surface area contributed by atoms with Gasteiger partial charge in [0, 0.05) is 5.56 Å². The second-order valence-electron chi connectivity index (χ2n) is 2.53. The normalized spacial score (nSPS) is 16.8. The van der Waals surface area contributed by atoms with E-state index >= 15 is 0 Å². The highest BCUT2D eigenvalue weighted by atomic mass is 16.3. The highest BCUT2D eigenvalue weighted by Crippen LogP contribution is 2.24. The van der Waals surface area contributed by atoms with Crippen molar-refractivity contribution in [2.75, 3.05) is 0 Å². The molecule has 59 valence electrons. The van der Waals surface area contributed by atoms with Crippen LogP contribution in [0.5, 0.6) is 0 Å². The lowest BCUT2D eigenvalue weighted by molar-refractivity contribution is -0.332. The fourth-order valence-electron chi connectivity index (χ4n) is 1.23. The minimum atomic E-state index is -0.920. The molecule has 1 radical (unpaired) electrons. The van der Waals surface area contributed by atoms with Gasteiger partial charge in [-0.05, 0) is 11.7 Å². The summed E-state index contributed by atoms with van der Waals surface area (Å²) in [5.41, 5.74) is 0.458. The summed E-state index contributed by atoms with van der Waals surface area (Å²) in [6.07, 6.45) is -0.685. The van der Waals surface area contributed by atoms with Crippen LogP contribution in [0.3, 0.4) is 0 Å². The van der Waals surface area contributed by atoms with E-state index in [0.29, 0.717) is 0 Å². The fourth-order valence-corrected chi connectivity index (χ4v) is 1.23. The van der Waals surface area contributed by atoms with Crippen molar-refractivity contribution in [3.05, 3.63) is 41.5 Å². The minimum Gasteiger partial charge on any atom is -0.840 e. The third kappa shape index (κ3) is 0.740. The zero-order chi connectivity index (χ0) is 8.72. The Hall–Kier alpha value is -1.48. The molecule has 0 bridgehead atoms. The summed E-state index contributed by atoms with van der Waals surface area (Å²) >= 11 is 0. The van der Waals surface area contributed by atoms with Gasteiger partial charge in [-0.1, -0.05) is 24.3 Å². The van der Waals surface area contributed by atoms with Crippen LogP contribution < -0.4 is 5.11 Å². The van der Waals surface area contributed by atoms with Crippen molar-refractivity contribution < 1.29 is 14.7 Å². The summed E-state index contributed by atoms with van der Waals surface area (Å²) < 4.78 is 0. The van der Waals surface area contributed by atoms with Crippen molar-refractivity contribution in [2.24, 2.45) is 0 Å². The maximum absolute atomic E-state index is 11.0. The predicted octanol–water partition coefficient (Wildman–Crippen LogP) is -0.308. The van der Waals surface area contributed by atoms with E-state index < -0.39 is 17.7 Å². The van der Waals surface area contributed by atoms with E-state index in [0.717, 1.165) is 0 Å². The minimum absolute atomic E-state index is 0.229. The van der Waals surface area contributed by atoms with Crippen LogP contribution in [-0.2, 0) is 4.79 Å². The van der Waals surface area contributed by atoms with Crippen molar-refractivity contribution in [1.29, 1.82) is 0 Å². The van der Waals surface area contributed by atoms with Gasteiger partial charge < -0.3 is 5.11 Å². The van der Waals surface area contributed by atoms with Crippen LogP contribution in [0.4, 0.5) is 0 Å². The molecule has 0 atom stereocenters. The van der Waals surface area contributed by atoms with Gasteiger partial charge in [0.25, 0.3) is 0 Å². The van der Waals surface area contributed by atoms with Crippen molar-refractivity contribution in [1.82, 2.24) is 0 Å². The maximum atomic E-state index is 11.0. The molecule has 3 heteroatoms. The second-order valence-corrected chi connectivity index (χ2v) is 2.53. The van der Waals surface area contributed by atoms with Gasteiger partial charge in [-0.3, -0.25) is 9.59 Å². The third-order valence-electron chi connectivity index (χ3n) is 1.83. The topological polar surface area (TPSA) is 57.2 Å². The zero-order valence-corrected chi connectivity index (χ0v) is 6.03. The second kappa shape index (κ2) is 2.25. The van der Waals surface area contributed by atoms with E-state index in [4.69, 9.17) is 0 Å². The summed E-state index contributed by atoms with van der Waals surface area (Å²) in [7, 11) is 0. The molecule has 0 spiro atoms. The number of ketones is 2. The molecule has 0 fully saturated rings. The lowest BCUT2D eigenvalue weighted by atomic mass is 10.1. The first-order valence-electron chi connectivity index (χ1n) is 3.44. The van der Waals surface area contributed by atoms with E-state index in [1.54, 1.807) is 12.1 Å². The molecule has 0 saturated carbocycles. The lowest BCUT2D eigenvalue weighted by Crippen LogP contribution is -2.24. The van der Waals surface area contributed by atoms with Gasteiger partial charge in [0.2, 0.25) is 5.78 Å². The molecule has 2 rings (SSSR count). The molecule has 1 aromatic carbocycles. The van der Waals surface area contributed by atoms with Gasteiger partial charge in [-0.2, -0.15) is 0 Å². The number of carbonyl (C=O) groups excluding carboxylic acids is 2. The van der Waals surface area contributed by atoms with Crippen LogP contribution in [0.2, 0.25) is 0 Å². The van der Waals surface area contributed by atoms with E-state index in [1.807, 2.05) is 0 Å². The largest absolute Gasteiger partial charge is 0.840 e. The summed E-state index contributed by atoms with van der Waals surface area (Å²) in [4.78, 5) is 21.9. The molecule has 0 unspecified atom stereocenters. The van der Waals surface area contributed by atoms with Crippen molar-refractivity contribution in [2.45, 2.75) is 0 Å². The van der Waals surface area contributed by atoms with Crippen LogP contribution in [0.15, 0.2) is 24.3 Å². The standard InChI is InChI=1S/C9H4O3/c10-7-5-3-1-2-4-6(5)8(11)9(7)12/h1-4H/q-1. The number of Topliss-reactive ketones (excluding diaryl/α,β-unsaturated/α-hetero) is 2. The van der Waals surface area contributed by atoms with E-state index in [9.17, 15) is 14.7 Å². The van der Waals surface area contributed by atoms with Crippen LogP contribution in [0, 0.1) is 6.10 Å². The van der Waals surface area contributed by atoms with Gasteiger partial charge >= 0.3 is 0 Å². The Kier molecular flexibility index (Phi) is 1.35. The van der Waals surface area contributed by atoms with Gasteiger partial charge in [-0.15, -0.1) is 0 Å². The number of carbonyl (C=O) groups is 2. The molecule has 1 aliphatic carbocycles. The van der Waals surface area contributed by atoms with Crippen molar-refractivity contribution in [3.8, 4) is 0 Å². The van der Waals surface area contributed by atoms with E-state index in [2.05, 4.69) is 0 Å². The Labute approximate surface area is 68.6 Å². The van der Waals surface area contributed by atoms with Gasteiger partial charge in [0.1, 0.15) is 0 Å².